The van der Waals surface area contributed by atoms with E-state index in [1.165, 1.54) is 63.0 Å². The van der Waals surface area contributed by atoms with E-state index >= 15 is 4.39 Å². The lowest BCUT2D eigenvalue weighted by atomic mass is 10.1. The van der Waals surface area contributed by atoms with Crippen LogP contribution in [0.15, 0.2) is 78.6 Å². The van der Waals surface area contributed by atoms with Crippen molar-refractivity contribution < 1.29 is 37.3 Å². The number of rotatable bonds is 16. The summed E-state index contributed by atoms with van der Waals surface area (Å²) >= 11 is 0. The minimum absolute atomic E-state index is 0.0886. The molecule has 46 heavy (non-hydrogen) atoms. The second kappa shape index (κ2) is 16.7. The molecule has 0 spiro atoms. The third kappa shape index (κ3) is 9.14. The summed E-state index contributed by atoms with van der Waals surface area (Å²) < 4.78 is 50.7. The van der Waals surface area contributed by atoms with Gasteiger partial charge >= 0.3 is 0 Å². The molecule has 0 aliphatic rings. The Hall–Kier alpha value is -5.23. The van der Waals surface area contributed by atoms with E-state index < -0.39 is 23.4 Å². The normalized spacial score (nSPS) is 11.2. The summed E-state index contributed by atoms with van der Waals surface area (Å²) in [6.07, 6.45) is 5.46. The Kier molecular flexibility index (Phi) is 12.2. The van der Waals surface area contributed by atoms with Gasteiger partial charge in [0, 0.05) is 61.0 Å². The monoisotopic (exact) mass is 634 g/mol. The van der Waals surface area contributed by atoms with Crippen LogP contribution in [0.3, 0.4) is 0 Å². The molecule has 10 nitrogen and oxygen atoms in total. The van der Waals surface area contributed by atoms with Crippen molar-refractivity contribution in [3.8, 4) is 23.0 Å². The van der Waals surface area contributed by atoms with Gasteiger partial charge in [-0.2, -0.15) is 0 Å². The summed E-state index contributed by atoms with van der Waals surface area (Å²) in [7, 11) is 3.01. The van der Waals surface area contributed by atoms with E-state index in [1.54, 1.807) is 18.2 Å². The fourth-order valence-corrected chi connectivity index (χ4v) is 4.28. The molecule has 0 aliphatic heterocycles. The van der Waals surface area contributed by atoms with Crippen LogP contribution in [0, 0.1) is 11.6 Å². The van der Waals surface area contributed by atoms with Crippen LogP contribution in [0.25, 0.3) is 10.9 Å². The van der Waals surface area contributed by atoms with Gasteiger partial charge in [-0.05, 0) is 61.4 Å². The number of methoxy groups -OCH3 is 2. The molecule has 2 amide bonds. The molecule has 0 saturated heterocycles. The first-order valence-corrected chi connectivity index (χ1v) is 14.7. The highest BCUT2D eigenvalue weighted by Gasteiger charge is 2.20. The van der Waals surface area contributed by atoms with Crippen LogP contribution in [0.5, 0.6) is 23.0 Å². The zero-order valence-electron chi connectivity index (χ0n) is 25.8. The number of carbonyl (C=O) groups is 2. The van der Waals surface area contributed by atoms with Crippen molar-refractivity contribution in [3.63, 3.8) is 0 Å². The largest absolute Gasteiger partial charge is 0.493 e. The van der Waals surface area contributed by atoms with E-state index in [1.807, 2.05) is 0 Å². The van der Waals surface area contributed by atoms with Crippen LogP contribution in [0.1, 0.15) is 26.2 Å². The quantitative estimate of drug-likeness (QED) is 0.0547. The number of anilines is 2. The molecule has 242 valence electrons. The summed E-state index contributed by atoms with van der Waals surface area (Å²) in [5, 5.41) is 8.65. The SMILES string of the molecule is CCCCOCCCN/C=C(\C(=O)Nc1ccc(F)cc1)C(=O)Nc1ccc(Oc2ccnc3cc(OC)c(OC)cc23)c(F)c1. The van der Waals surface area contributed by atoms with Crippen LogP contribution < -0.4 is 30.2 Å². The molecule has 3 aromatic carbocycles. The predicted octanol–water partition coefficient (Wildman–Crippen LogP) is 6.58. The topological polar surface area (TPSA) is 120 Å². The maximum atomic E-state index is 15.2. The number of aromatic nitrogens is 1. The van der Waals surface area contributed by atoms with Gasteiger partial charge in [0.1, 0.15) is 17.1 Å². The molecule has 12 heteroatoms. The molecule has 0 unspecified atom stereocenters. The van der Waals surface area contributed by atoms with Gasteiger partial charge in [-0.25, -0.2) is 8.78 Å². The Bertz CT molecular complexity index is 1680. The average molecular weight is 635 g/mol. The van der Waals surface area contributed by atoms with Crippen LogP contribution in [-0.2, 0) is 14.3 Å². The van der Waals surface area contributed by atoms with E-state index in [-0.39, 0.29) is 17.0 Å². The van der Waals surface area contributed by atoms with Gasteiger partial charge in [0.15, 0.2) is 23.1 Å². The number of nitrogens with zero attached hydrogens (tertiary/aromatic N) is 1. The maximum absolute atomic E-state index is 15.2. The molecular weight excluding hydrogens is 598 g/mol. The van der Waals surface area contributed by atoms with Crippen molar-refractivity contribution in [2.45, 2.75) is 26.2 Å². The molecule has 1 aromatic heterocycles. The maximum Gasteiger partial charge on any atom is 0.262 e. The molecule has 0 bridgehead atoms. The lowest BCUT2D eigenvalue weighted by molar-refractivity contribution is -0.118. The fourth-order valence-electron chi connectivity index (χ4n) is 4.28. The summed E-state index contributed by atoms with van der Waals surface area (Å²) in [4.78, 5) is 30.6. The van der Waals surface area contributed by atoms with Gasteiger partial charge in [-0.3, -0.25) is 14.6 Å². The lowest BCUT2D eigenvalue weighted by Gasteiger charge is -2.14. The van der Waals surface area contributed by atoms with Crippen LogP contribution in [-0.4, -0.2) is 50.8 Å². The Labute approximate surface area is 265 Å². The Morgan fingerprint density at radius 3 is 2.17 bits per heavy atom. The number of carbonyl (C=O) groups excluding carboxylic acids is 2. The van der Waals surface area contributed by atoms with Crippen LogP contribution in [0.4, 0.5) is 20.2 Å². The highest BCUT2D eigenvalue weighted by molar-refractivity contribution is 6.26. The number of benzene rings is 3. The number of nitrogens with one attached hydrogen (secondary N) is 3. The number of ether oxygens (including phenoxy) is 4. The van der Waals surface area contributed by atoms with Crippen LogP contribution in [0.2, 0.25) is 0 Å². The number of pyridine rings is 1. The van der Waals surface area contributed by atoms with Crippen molar-refractivity contribution in [2.24, 2.45) is 0 Å². The number of halogens is 2. The van der Waals surface area contributed by atoms with Gasteiger partial charge < -0.3 is 34.9 Å². The fraction of sp³-hybridized carbons (Fsp3) is 0.265. The summed E-state index contributed by atoms with van der Waals surface area (Å²) in [5.74, 6) is -1.61. The molecular formula is C34H36F2N4O6. The molecule has 0 aliphatic carbocycles. The Balaban J connectivity index is 1.48. The number of unbranched alkanes of at least 4 members (excludes halogenated alkanes) is 1. The molecule has 0 atom stereocenters. The number of amides is 2. The first kappa shape index (κ1) is 33.7. The zero-order chi connectivity index (χ0) is 32.9. The summed E-state index contributed by atoms with van der Waals surface area (Å²) in [6.45, 7) is 3.71. The van der Waals surface area contributed by atoms with Crippen molar-refractivity contribution >= 4 is 34.1 Å². The van der Waals surface area contributed by atoms with E-state index in [2.05, 4.69) is 27.9 Å². The average Bonchev–Trinajstić information content (AvgIpc) is 3.05. The van der Waals surface area contributed by atoms with E-state index in [9.17, 15) is 14.0 Å². The standard InChI is InChI=1S/C34H36F2N4O6/c1-4-5-16-45-17-6-14-37-21-26(33(41)39-23-9-7-22(35)8-10-23)34(42)40-24-11-12-30(27(36)18-24)46-29-13-15-38-28-20-32(44-3)31(43-2)19-25(28)29/h7-13,15,18-21,37H,4-6,14,16-17H2,1-3H3,(H,39,41)(H,40,42)/b26-21+. The van der Waals surface area contributed by atoms with Gasteiger partial charge in [-0.15, -0.1) is 0 Å². The van der Waals surface area contributed by atoms with Crippen molar-refractivity contribution in [2.75, 3.05) is 44.6 Å². The van der Waals surface area contributed by atoms with Gasteiger partial charge in [0.2, 0.25) is 0 Å². The van der Waals surface area contributed by atoms with Gasteiger partial charge in [-0.1, -0.05) is 13.3 Å². The molecule has 4 rings (SSSR count). The zero-order valence-corrected chi connectivity index (χ0v) is 25.8. The summed E-state index contributed by atoms with van der Waals surface area (Å²) in [6, 6.07) is 13.9. The number of hydrogen-bond donors (Lipinski definition) is 3. The molecule has 0 fully saturated rings. The van der Waals surface area contributed by atoms with Gasteiger partial charge in [0.05, 0.1) is 19.7 Å². The molecule has 0 saturated carbocycles. The highest BCUT2D eigenvalue weighted by atomic mass is 19.1. The van der Waals surface area contributed by atoms with Crippen molar-refractivity contribution in [3.05, 3.63) is 90.3 Å². The minimum Gasteiger partial charge on any atom is -0.493 e. The van der Waals surface area contributed by atoms with E-state index in [0.717, 1.165) is 18.9 Å². The van der Waals surface area contributed by atoms with E-state index in [4.69, 9.17) is 18.9 Å². The van der Waals surface area contributed by atoms with Gasteiger partial charge in [0.25, 0.3) is 11.8 Å². The predicted molar refractivity (Wildman–Crippen MR) is 171 cm³/mol. The second-order valence-electron chi connectivity index (χ2n) is 10.0. The van der Waals surface area contributed by atoms with E-state index in [0.29, 0.717) is 60.0 Å². The first-order chi connectivity index (χ1) is 22.3. The number of fused-ring (bicyclic) bond motifs is 1. The lowest BCUT2D eigenvalue weighted by Crippen LogP contribution is -2.27. The third-order valence-corrected chi connectivity index (χ3v) is 6.71. The molecule has 3 N–H and O–H groups in total. The third-order valence-electron chi connectivity index (χ3n) is 6.71. The highest BCUT2D eigenvalue weighted by Crippen LogP contribution is 2.37. The molecule has 4 aromatic rings. The summed E-state index contributed by atoms with van der Waals surface area (Å²) in [5.41, 5.74) is 0.659. The smallest absolute Gasteiger partial charge is 0.262 e. The Morgan fingerprint density at radius 1 is 0.804 bits per heavy atom. The van der Waals surface area contributed by atoms with Crippen LogP contribution >= 0.6 is 0 Å². The first-order valence-electron chi connectivity index (χ1n) is 14.7. The number of hydrogen-bond acceptors (Lipinski definition) is 8. The Morgan fingerprint density at radius 2 is 1.48 bits per heavy atom. The molecule has 1 heterocycles. The van der Waals surface area contributed by atoms with Crippen molar-refractivity contribution in [1.29, 1.82) is 0 Å². The second-order valence-corrected chi connectivity index (χ2v) is 10.0. The molecule has 0 radical (unpaired) electrons. The van der Waals surface area contributed by atoms with Crippen molar-refractivity contribution in [1.82, 2.24) is 10.3 Å². The minimum atomic E-state index is -0.791.